The van der Waals surface area contributed by atoms with Gasteiger partial charge in [-0.2, -0.15) is 0 Å². The number of nitrogens with zero attached hydrogens (tertiary/aromatic N) is 1. The molecular formula is C16H33NO5. The van der Waals surface area contributed by atoms with Crippen LogP contribution in [0.25, 0.3) is 0 Å². The van der Waals surface area contributed by atoms with Crippen LogP contribution in [0, 0.1) is 22.0 Å². The Morgan fingerprint density at radius 2 is 1.64 bits per heavy atom. The molecule has 0 aliphatic heterocycles. The first-order valence-electron chi connectivity index (χ1n) is 8.43. The summed E-state index contributed by atoms with van der Waals surface area (Å²) in [4.78, 5) is 10.7. The normalized spacial score (nSPS) is 18.5. The van der Waals surface area contributed by atoms with E-state index < -0.39 is 23.2 Å². The van der Waals surface area contributed by atoms with Gasteiger partial charge in [0.2, 0.25) is 6.04 Å². The molecule has 0 bridgehead atoms. The van der Waals surface area contributed by atoms with Crippen molar-refractivity contribution in [2.75, 3.05) is 6.61 Å². The first-order valence-corrected chi connectivity index (χ1v) is 8.43. The molecule has 5 atom stereocenters. The van der Waals surface area contributed by atoms with E-state index in [1.807, 2.05) is 20.8 Å². The summed E-state index contributed by atoms with van der Waals surface area (Å²) in [5, 5.41) is 39.9. The molecule has 0 radical (unpaired) electrons. The number of aliphatic hydroxyl groups excluding tert-OH is 3. The van der Waals surface area contributed by atoms with Gasteiger partial charge in [-0.3, -0.25) is 10.1 Å². The molecule has 0 aliphatic carbocycles. The zero-order valence-corrected chi connectivity index (χ0v) is 14.1. The third-order valence-corrected chi connectivity index (χ3v) is 4.41. The van der Waals surface area contributed by atoms with Crippen molar-refractivity contribution in [3.05, 3.63) is 10.1 Å². The largest absolute Gasteiger partial charge is 0.396 e. The average molecular weight is 319 g/mol. The van der Waals surface area contributed by atoms with Crippen LogP contribution in [0.15, 0.2) is 0 Å². The summed E-state index contributed by atoms with van der Waals surface area (Å²) >= 11 is 0. The molecule has 0 fully saturated rings. The van der Waals surface area contributed by atoms with E-state index in [9.17, 15) is 20.3 Å². The highest BCUT2D eigenvalue weighted by atomic mass is 16.6. The van der Waals surface area contributed by atoms with Crippen LogP contribution >= 0.6 is 0 Å². The minimum absolute atomic E-state index is 0.146. The van der Waals surface area contributed by atoms with Gasteiger partial charge in [0.05, 0.1) is 6.10 Å². The van der Waals surface area contributed by atoms with Crippen molar-refractivity contribution in [2.24, 2.45) is 11.8 Å². The lowest BCUT2D eigenvalue weighted by molar-refractivity contribution is -0.536. The van der Waals surface area contributed by atoms with Crippen molar-refractivity contribution >= 4 is 0 Å². The van der Waals surface area contributed by atoms with E-state index in [1.54, 1.807) is 0 Å². The second-order valence-corrected chi connectivity index (χ2v) is 6.53. The number of hydrogen-bond donors (Lipinski definition) is 3. The molecule has 132 valence electrons. The molecule has 5 unspecified atom stereocenters. The number of nitro groups is 1. The number of hydrogen-bond acceptors (Lipinski definition) is 5. The lowest BCUT2D eigenvalue weighted by atomic mass is 9.91. The minimum Gasteiger partial charge on any atom is -0.396 e. The highest BCUT2D eigenvalue weighted by Gasteiger charge is 2.31. The monoisotopic (exact) mass is 319 g/mol. The molecule has 0 rings (SSSR count). The Balaban J connectivity index is 4.17. The fourth-order valence-electron chi connectivity index (χ4n) is 2.65. The summed E-state index contributed by atoms with van der Waals surface area (Å²) in [6.45, 7) is 5.81. The molecule has 6 heteroatoms. The Morgan fingerprint density at radius 3 is 2.14 bits per heavy atom. The number of unbranched alkanes of at least 4 members (excludes halogenated alkanes) is 2. The summed E-state index contributed by atoms with van der Waals surface area (Å²) in [5.74, 6) is 0.126. The smallest absolute Gasteiger partial charge is 0.238 e. The van der Waals surface area contributed by atoms with Gasteiger partial charge >= 0.3 is 0 Å². The second kappa shape index (κ2) is 11.8. The predicted octanol–water partition coefficient (Wildman–Crippen LogP) is 2.37. The Bertz CT molecular complexity index is 300. The van der Waals surface area contributed by atoms with E-state index in [0.717, 1.165) is 19.3 Å². The SMILES string of the molecule is CCC(O)C(C)CC(O)C(CCCCCC(C)CO)[N+](=O)[O-]. The standard InChI is InChI=1S/C16H33NO5/c1-4-15(19)13(3)10-16(20)14(17(21)22)9-7-5-6-8-12(2)11-18/h12-16,18-20H,4-11H2,1-3H3. The van der Waals surface area contributed by atoms with Crippen molar-refractivity contribution in [1.82, 2.24) is 0 Å². The van der Waals surface area contributed by atoms with Crippen molar-refractivity contribution in [1.29, 1.82) is 0 Å². The minimum atomic E-state index is -1.01. The van der Waals surface area contributed by atoms with Gasteiger partial charge in [0.1, 0.15) is 6.10 Å². The van der Waals surface area contributed by atoms with Crippen LogP contribution < -0.4 is 0 Å². The van der Waals surface area contributed by atoms with Gasteiger partial charge in [-0.25, -0.2) is 0 Å². The lowest BCUT2D eigenvalue weighted by Crippen LogP contribution is -2.36. The topological polar surface area (TPSA) is 104 Å². The molecule has 0 aliphatic rings. The zero-order valence-electron chi connectivity index (χ0n) is 14.1. The molecule has 0 aromatic heterocycles. The van der Waals surface area contributed by atoms with Crippen LogP contribution in [-0.4, -0.2) is 45.1 Å². The van der Waals surface area contributed by atoms with Gasteiger partial charge < -0.3 is 15.3 Å². The Labute approximate surface area is 133 Å². The van der Waals surface area contributed by atoms with Crippen LogP contribution in [0.4, 0.5) is 0 Å². The quantitative estimate of drug-likeness (QED) is 0.275. The molecule has 22 heavy (non-hydrogen) atoms. The number of rotatable bonds is 13. The van der Waals surface area contributed by atoms with Crippen molar-refractivity contribution < 1.29 is 20.2 Å². The zero-order chi connectivity index (χ0) is 17.1. The molecule has 0 amide bonds. The fraction of sp³-hybridized carbons (Fsp3) is 1.00. The third-order valence-electron chi connectivity index (χ3n) is 4.41. The molecule has 3 N–H and O–H groups in total. The maximum atomic E-state index is 11.1. The predicted molar refractivity (Wildman–Crippen MR) is 86.2 cm³/mol. The van der Waals surface area contributed by atoms with Crippen LogP contribution in [0.1, 0.15) is 65.7 Å². The van der Waals surface area contributed by atoms with E-state index in [0.29, 0.717) is 19.3 Å². The van der Waals surface area contributed by atoms with Crippen LogP contribution in [0.3, 0.4) is 0 Å². The molecule has 0 aromatic rings. The molecule has 0 saturated heterocycles. The van der Waals surface area contributed by atoms with Gasteiger partial charge in [-0.15, -0.1) is 0 Å². The summed E-state index contributed by atoms with van der Waals surface area (Å²) in [5.41, 5.74) is 0. The van der Waals surface area contributed by atoms with E-state index in [2.05, 4.69) is 0 Å². The maximum Gasteiger partial charge on any atom is 0.238 e. The van der Waals surface area contributed by atoms with E-state index in [-0.39, 0.29) is 24.9 Å². The van der Waals surface area contributed by atoms with Gasteiger partial charge in [0.25, 0.3) is 0 Å². The Morgan fingerprint density at radius 1 is 1.05 bits per heavy atom. The summed E-state index contributed by atoms with van der Waals surface area (Å²) in [6.07, 6.45) is 3.08. The molecule has 0 saturated carbocycles. The first-order chi connectivity index (χ1) is 10.3. The molecule has 0 spiro atoms. The average Bonchev–Trinajstić information content (AvgIpc) is 2.48. The first kappa shape index (κ1) is 21.3. The van der Waals surface area contributed by atoms with Gasteiger partial charge in [-0.05, 0) is 37.5 Å². The summed E-state index contributed by atoms with van der Waals surface area (Å²) in [7, 11) is 0. The van der Waals surface area contributed by atoms with E-state index in [1.165, 1.54) is 0 Å². The van der Waals surface area contributed by atoms with Gasteiger partial charge in [0, 0.05) is 18.0 Å². The van der Waals surface area contributed by atoms with Crippen molar-refractivity contribution in [2.45, 2.75) is 84.0 Å². The fourth-order valence-corrected chi connectivity index (χ4v) is 2.65. The molecular weight excluding hydrogens is 286 g/mol. The molecule has 0 heterocycles. The maximum absolute atomic E-state index is 11.1. The Kier molecular flexibility index (Phi) is 11.4. The summed E-state index contributed by atoms with van der Waals surface area (Å²) < 4.78 is 0. The van der Waals surface area contributed by atoms with E-state index >= 15 is 0 Å². The van der Waals surface area contributed by atoms with Crippen LogP contribution in [0.2, 0.25) is 0 Å². The number of aliphatic hydroxyl groups is 3. The Hall–Kier alpha value is -0.720. The van der Waals surface area contributed by atoms with Gasteiger partial charge in [-0.1, -0.05) is 33.6 Å². The van der Waals surface area contributed by atoms with Crippen LogP contribution in [-0.2, 0) is 0 Å². The highest BCUT2D eigenvalue weighted by Crippen LogP contribution is 2.20. The highest BCUT2D eigenvalue weighted by molar-refractivity contribution is 4.74. The van der Waals surface area contributed by atoms with Crippen LogP contribution in [0.5, 0.6) is 0 Å². The van der Waals surface area contributed by atoms with Crippen molar-refractivity contribution in [3.63, 3.8) is 0 Å². The third kappa shape index (κ3) is 8.66. The van der Waals surface area contributed by atoms with Crippen molar-refractivity contribution in [3.8, 4) is 0 Å². The molecule has 6 nitrogen and oxygen atoms in total. The van der Waals surface area contributed by atoms with Gasteiger partial charge in [0.15, 0.2) is 0 Å². The second-order valence-electron chi connectivity index (χ2n) is 6.53. The molecule has 0 aromatic carbocycles. The van der Waals surface area contributed by atoms with E-state index in [4.69, 9.17) is 5.11 Å². The summed E-state index contributed by atoms with van der Waals surface area (Å²) in [6, 6.07) is -0.957. The lowest BCUT2D eigenvalue weighted by Gasteiger charge is -2.22.